The number of hydrogen-bond donors (Lipinski definition) is 1. The van der Waals surface area contributed by atoms with Crippen molar-refractivity contribution in [2.24, 2.45) is 5.92 Å². The number of halogens is 6. The maximum absolute atomic E-state index is 13.2. The van der Waals surface area contributed by atoms with E-state index in [0.29, 0.717) is 44.1 Å². The highest BCUT2D eigenvalue weighted by molar-refractivity contribution is 5.70. The van der Waals surface area contributed by atoms with E-state index < -0.39 is 29.4 Å². The van der Waals surface area contributed by atoms with Crippen molar-refractivity contribution >= 4 is 5.97 Å². The van der Waals surface area contributed by atoms with Crippen molar-refractivity contribution < 1.29 is 41.0 Å². The zero-order valence-electron chi connectivity index (χ0n) is 21.3. The van der Waals surface area contributed by atoms with Crippen LogP contribution in [0.3, 0.4) is 0 Å². The zero-order valence-corrected chi connectivity index (χ0v) is 21.3. The molecular weight excluding hydrogens is 526 g/mol. The Morgan fingerprint density at radius 2 is 1.44 bits per heavy atom. The molecule has 4 rings (SSSR count). The summed E-state index contributed by atoms with van der Waals surface area (Å²) in [5.74, 6) is -1.00. The summed E-state index contributed by atoms with van der Waals surface area (Å²) < 4.78 is 85.1. The Kier molecular flexibility index (Phi) is 9.23. The van der Waals surface area contributed by atoms with E-state index in [-0.39, 0.29) is 36.8 Å². The Morgan fingerprint density at radius 1 is 0.872 bits per heavy atom. The second kappa shape index (κ2) is 12.3. The number of carboxylic acid groups (broad SMARTS) is 1. The van der Waals surface area contributed by atoms with Crippen LogP contribution in [-0.4, -0.2) is 59.7 Å². The first-order valence-corrected chi connectivity index (χ1v) is 13.0. The van der Waals surface area contributed by atoms with E-state index >= 15 is 0 Å². The molecule has 1 saturated heterocycles. The first-order valence-electron chi connectivity index (χ1n) is 13.0. The summed E-state index contributed by atoms with van der Waals surface area (Å²) in [6.45, 7) is 2.71. The Bertz CT molecular complexity index is 1060. The lowest BCUT2D eigenvalue weighted by atomic mass is 9.85. The van der Waals surface area contributed by atoms with Gasteiger partial charge in [-0.1, -0.05) is 30.3 Å². The third-order valence-electron chi connectivity index (χ3n) is 7.73. The van der Waals surface area contributed by atoms with Crippen molar-refractivity contribution in [3.05, 3.63) is 70.8 Å². The Balaban J connectivity index is 1.40. The molecule has 1 aliphatic heterocycles. The summed E-state index contributed by atoms with van der Waals surface area (Å²) in [7, 11) is 0. The van der Waals surface area contributed by atoms with Gasteiger partial charge in [-0.05, 0) is 55.0 Å². The number of nitrogens with zero attached hydrogens (tertiary/aromatic N) is 2. The molecule has 0 spiro atoms. The van der Waals surface area contributed by atoms with E-state index in [1.54, 1.807) is 0 Å². The highest BCUT2D eigenvalue weighted by Gasteiger charge is 2.37. The van der Waals surface area contributed by atoms with Crippen molar-refractivity contribution in [1.82, 2.24) is 9.80 Å². The molecule has 2 aromatic rings. The summed E-state index contributed by atoms with van der Waals surface area (Å²) in [4.78, 5) is 15.9. The molecule has 214 valence electrons. The summed E-state index contributed by atoms with van der Waals surface area (Å²) in [5.41, 5.74) is -1.95. The topological polar surface area (TPSA) is 53.0 Å². The van der Waals surface area contributed by atoms with Crippen molar-refractivity contribution in [1.29, 1.82) is 0 Å². The van der Waals surface area contributed by atoms with Gasteiger partial charge in [0, 0.05) is 32.2 Å². The van der Waals surface area contributed by atoms with Gasteiger partial charge in [0.15, 0.2) is 0 Å². The van der Waals surface area contributed by atoms with E-state index in [4.69, 9.17) is 4.74 Å². The fraction of sp³-hybridized carbons (Fsp3) is 0.536. The molecule has 1 saturated carbocycles. The zero-order chi connectivity index (χ0) is 28.2. The van der Waals surface area contributed by atoms with Crippen LogP contribution >= 0.6 is 0 Å². The fourth-order valence-corrected chi connectivity index (χ4v) is 5.58. The molecule has 0 amide bonds. The van der Waals surface area contributed by atoms with E-state index in [9.17, 15) is 36.2 Å². The van der Waals surface area contributed by atoms with Gasteiger partial charge in [-0.25, -0.2) is 0 Å². The SMILES string of the molecule is O=C(O)[C@H]1CC[C@H](N2CCN(C(COCc3cc(C(F)(F)F)cc(C(F)(F)F)c3)c3ccccc3)CC2)CC1. The monoisotopic (exact) mass is 558 g/mol. The normalized spacial score (nSPS) is 22.5. The van der Waals surface area contributed by atoms with Gasteiger partial charge in [0.2, 0.25) is 0 Å². The van der Waals surface area contributed by atoms with E-state index in [2.05, 4.69) is 9.80 Å². The third kappa shape index (κ3) is 7.73. The van der Waals surface area contributed by atoms with Crippen molar-refractivity contribution in [3.63, 3.8) is 0 Å². The molecule has 0 aromatic heterocycles. The fourth-order valence-electron chi connectivity index (χ4n) is 5.58. The molecule has 1 unspecified atom stereocenters. The number of ether oxygens (including phenoxy) is 1. The third-order valence-corrected chi connectivity index (χ3v) is 7.73. The molecule has 0 bridgehead atoms. The molecule has 0 radical (unpaired) electrons. The lowest BCUT2D eigenvalue weighted by molar-refractivity contribution is -0.144. The molecule has 1 N–H and O–H groups in total. The molecule has 1 aliphatic carbocycles. The van der Waals surface area contributed by atoms with Crippen LogP contribution in [0.1, 0.15) is 54.0 Å². The van der Waals surface area contributed by atoms with Crippen LogP contribution in [0.4, 0.5) is 26.3 Å². The second-order valence-corrected chi connectivity index (χ2v) is 10.3. The number of carbonyl (C=O) groups is 1. The Hall–Kier alpha value is -2.63. The van der Waals surface area contributed by atoms with Gasteiger partial charge in [0.25, 0.3) is 0 Å². The standard InChI is InChI=1S/C28H32F6N2O3/c29-27(30,31)22-14-19(15-23(16-22)28(32,33)34)17-39-18-25(20-4-2-1-3-5-20)36-12-10-35(11-13-36)24-8-6-21(7-9-24)26(37)38/h1-5,14-16,21,24-25H,6-13,17-18H2,(H,37,38)/t21-,24-,25?. The van der Waals surface area contributed by atoms with Gasteiger partial charge in [0.1, 0.15) is 0 Å². The van der Waals surface area contributed by atoms with Crippen molar-refractivity contribution in [2.45, 2.75) is 56.7 Å². The van der Waals surface area contributed by atoms with Gasteiger partial charge in [-0.3, -0.25) is 14.6 Å². The minimum Gasteiger partial charge on any atom is -0.481 e. The largest absolute Gasteiger partial charge is 0.481 e. The number of alkyl halides is 6. The Labute approximate surface area is 223 Å². The molecule has 11 heteroatoms. The minimum absolute atomic E-state index is 0.103. The average Bonchev–Trinajstić information content (AvgIpc) is 2.91. The molecule has 1 heterocycles. The lowest BCUT2D eigenvalue weighted by Gasteiger charge is -2.44. The van der Waals surface area contributed by atoms with Crippen LogP contribution in [0.5, 0.6) is 0 Å². The number of rotatable bonds is 8. The van der Waals surface area contributed by atoms with Gasteiger partial charge in [-0.15, -0.1) is 0 Å². The van der Waals surface area contributed by atoms with Crippen LogP contribution in [0.15, 0.2) is 48.5 Å². The molecule has 2 aromatic carbocycles. The summed E-state index contributed by atoms with van der Waals surface area (Å²) in [6.07, 6.45) is -6.78. The van der Waals surface area contributed by atoms with Crippen LogP contribution in [0.25, 0.3) is 0 Å². The maximum atomic E-state index is 13.2. The summed E-state index contributed by atoms with van der Waals surface area (Å²) >= 11 is 0. The predicted octanol–water partition coefficient (Wildman–Crippen LogP) is 6.24. The second-order valence-electron chi connectivity index (χ2n) is 10.3. The van der Waals surface area contributed by atoms with Crippen LogP contribution in [-0.2, 0) is 28.5 Å². The highest BCUT2D eigenvalue weighted by atomic mass is 19.4. The number of piperazine rings is 1. The van der Waals surface area contributed by atoms with E-state index in [1.807, 2.05) is 30.3 Å². The number of benzene rings is 2. The number of hydrogen-bond acceptors (Lipinski definition) is 4. The molecule has 5 nitrogen and oxygen atoms in total. The van der Waals surface area contributed by atoms with E-state index in [1.165, 1.54) is 0 Å². The van der Waals surface area contributed by atoms with Crippen molar-refractivity contribution in [2.75, 3.05) is 32.8 Å². The lowest BCUT2D eigenvalue weighted by Crippen LogP contribution is -2.52. The van der Waals surface area contributed by atoms with Crippen LogP contribution in [0.2, 0.25) is 0 Å². The smallest absolute Gasteiger partial charge is 0.416 e. The molecule has 1 atom stereocenters. The average molecular weight is 559 g/mol. The van der Waals surface area contributed by atoms with Gasteiger partial charge in [-0.2, -0.15) is 26.3 Å². The maximum Gasteiger partial charge on any atom is 0.416 e. The quantitative estimate of drug-likeness (QED) is 0.389. The van der Waals surface area contributed by atoms with Crippen LogP contribution in [0, 0.1) is 5.92 Å². The van der Waals surface area contributed by atoms with Gasteiger partial charge in [0.05, 0.1) is 36.3 Å². The van der Waals surface area contributed by atoms with E-state index in [0.717, 1.165) is 31.5 Å². The predicted molar refractivity (Wildman–Crippen MR) is 132 cm³/mol. The van der Waals surface area contributed by atoms with Crippen LogP contribution < -0.4 is 0 Å². The Morgan fingerprint density at radius 3 is 1.95 bits per heavy atom. The van der Waals surface area contributed by atoms with Crippen molar-refractivity contribution in [3.8, 4) is 0 Å². The van der Waals surface area contributed by atoms with Gasteiger partial charge < -0.3 is 9.84 Å². The minimum atomic E-state index is -4.91. The molecule has 2 aliphatic rings. The summed E-state index contributed by atoms with van der Waals surface area (Å²) in [6, 6.07) is 11.1. The number of carboxylic acids is 1. The highest BCUT2D eigenvalue weighted by Crippen LogP contribution is 2.37. The molecule has 39 heavy (non-hydrogen) atoms. The molecule has 2 fully saturated rings. The first kappa shape index (κ1) is 29.4. The van der Waals surface area contributed by atoms with Gasteiger partial charge >= 0.3 is 18.3 Å². The molecular formula is C28H32F6N2O3. The number of aliphatic carboxylic acids is 1. The first-order chi connectivity index (χ1) is 18.4. The summed E-state index contributed by atoms with van der Waals surface area (Å²) in [5, 5.41) is 9.25.